The van der Waals surface area contributed by atoms with Gasteiger partial charge in [0, 0.05) is 6.54 Å². The van der Waals surface area contributed by atoms with Crippen LogP contribution in [0.4, 0.5) is 4.39 Å². The monoisotopic (exact) mass is 255 g/mol. The zero-order chi connectivity index (χ0) is 12.5. The summed E-state index contributed by atoms with van der Waals surface area (Å²) in [7, 11) is 0. The molecule has 0 aliphatic rings. The Balaban J connectivity index is 2.57. The number of nitrogens with one attached hydrogen (secondary N) is 1. The summed E-state index contributed by atoms with van der Waals surface area (Å²) >= 11 is 1.87. The second-order valence-electron chi connectivity index (χ2n) is 4.23. The number of rotatable bonds is 8. The lowest BCUT2D eigenvalue weighted by Gasteiger charge is -2.17. The molecule has 96 valence electrons. The van der Waals surface area contributed by atoms with E-state index in [4.69, 9.17) is 0 Å². The van der Waals surface area contributed by atoms with Gasteiger partial charge in [-0.25, -0.2) is 4.39 Å². The summed E-state index contributed by atoms with van der Waals surface area (Å²) in [5, 5.41) is 3.45. The minimum Gasteiger partial charge on any atom is -0.316 e. The van der Waals surface area contributed by atoms with Crippen molar-refractivity contribution < 1.29 is 4.39 Å². The molecule has 0 bridgehead atoms. The zero-order valence-corrected chi connectivity index (χ0v) is 11.5. The highest BCUT2D eigenvalue weighted by molar-refractivity contribution is 7.98. The van der Waals surface area contributed by atoms with Gasteiger partial charge in [0.25, 0.3) is 0 Å². The molecule has 1 unspecified atom stereocenters. The van der Waals surface area contributed by atoms with Gasteiger partial charge in [0.1, 0.15) is 5.82 Å². The fourth-order valence-corrected chi connectivity index (χ4v) is 2.35. The molecule has 0 spiro atoms. The van der Waals surface area contributed by atoms with Crippen LogP contribution in [0, 0.1) is 5.82 Å². The summed E-state index contributed by atoms with van der Waals surface area (Å²) in [5.41, 5.74) is 1.24. The molecule has 0 aromatic heterocycles. The molecule has 1 aromatic carbocycles. The molecule has 0 radical (unpaired) electrons. The van der Waals surface area contributed by atoms with E-state index in [0.717, 1.165) is 31.7 Å². The summed E-state index contributed by atoms with van der Waals surface area (Å²) in [6.45, 7) is 4.21. The quantitative estimate of drug-likeness (QED) is 0.711. The van der Waals surface area contributed by atoms with Crippen LogP contribution in [0.5, 0.6) is 0 Å². The minimum absolute atomic E-state index is 0.154. The Labute approximate surface area is 108 Å². The molecule has 1 rings (SSSR count). The summed E-state index contributed by atoms with van der Waals surface area (Å²) in [4.78, 5) is 0. The Morgan fingerprint density at radius 1 is 1.29 bits per heavy atom. The zero-order valence-electron chi connectivity index (χ0n) is 10.7. The lowest BCUT2D eigenvalue weighted by atomic mass is 9.96. The molecule has 0 heterocycles. The summed E-state index contributed by atoms with van der Waals surface area (Å²) in [6, 6.07) is 6.93. The molecule has 17 heavy (non-hydrogen) atoms. The van der Waals surface area contributed by atoms with Gasteiger partial charge in [0.2, 0.25) is 0 Å². The second kappa shape index (κ2) is 8.54. The molecular weight excluding hydrogens is 233 g/mol. The first-order chi connectivity index (χ1) is 8.27. The molecule has 0 aliphatic heterocycles. The van der Waals surface area contributed by atoms with Gasteiger partial charge in [0.15, 0.2) is 0 Å². The van der Waals surface area contributed by atoms with E-state index in [0.29, 0.717) is 5.92 Å². The lowest BCUT2D eigenvalue weighted by Crippen LogP contribution is -2.22. The van der Waals surface area contributed by atoms with Crippen molar-refractivity contribution in [3.63, 3.8) is 0 Å². The summed E-state index contributed by atoms with van der Waals surface area (Å²) in [5.74, 6) is 1.49. The highest BCUT2D eigenvalue weighted by Gasteiger charge is 2.10. The topological polar surface area (TPSA) is 12.0 Å². The van der Waals surface area contributed by atoms with Gasteiger partial charge in [-0.2, -0.15) is 11.8 Å². The van der Waals surface area contributed by atoms with Crippen LogP contribution in [-0.2, 0) is 0 Å². The Kier molecular flexibility index (Phi) is 7.29. The van der Waals surface area contributed by atoms with Crippen LogP contribution in [0.2, 0.25) is 0 Å². The Hall–Kier alpha value is -0.540. The van der Waals surface area contributed by atoms with Crippen molar-refractivity contribution in [2.24, 2.45) is 0 Å². The molecule has 0 saturated heterocycles. The lowest BCUT2D eigenvalue weighted by molar-refractivity contribution is 0.567. The normalized spacial score (nSPS) is 12.6. The van der Waals surface area contributed by atoms with E-state index in [1.165, 1.54) is 5.56 Å². The van der Waals surface area contributed by atoms with E-state index in [1.807, 2.05) is 23.9 Å². The number of hydrogen-bond acceptors (Lipinski definition) is 2. The molecule has 0 fully saturated rings. The molecule has 1 aromatic rings. The minimum atomic E-state index is -0.154. The van der Waals surface area contributed by atoms with Crippen molar-refractivity contribution in [3.05, 3.63) is 35.6 Å². The number of halogens is 1. The predicted molar refractivity (Wildman–Crippen MR) is 75.3 cm³/mol. The van der Waals surface area contributed by atoms with Crippen LogP contribution in [0.15, 0.2) is 24.3 Å². The molecule has 1 nitrogen and oxygen atoms in total. The van der Waals surface area contributed by atoms with Crippen molar-refractivity contribution in [1.82, 2.24) is 5.32 Å². The third-order valence-electron chi connectivity index (χ3n) is 2.83. The average molecular weight is 255 g/mol. The van der Waals surface area contributed by atoms with Crippen molar-refractivity contribution in [2.45, 2.75) is 25.7 Å². The summed E-state index contributed by atoms with van der Waals surface area (Å²) < 4.78 is 12.9. The van der Waals surface area contributed by atoms with Crippen LogP contribution in [-0.4, -0.2) is 25.1 Å². The van der Waals surface area contributed by atoms with E-state index >= 15 is 0 Å². The van der Waals surface area contributed by atoms with Gasteiger partial charge >= 0.3 is 0 Å². The Morgan fingerprint density at radius 3 is 2.59 bits per heavy atom. The highest BCUT2D eigenvalue weighted by Crippen LogP contribution is 2.21. The largest absolute Gasteiger partial charge is 0.316 e. The van der Waals surface area contributed by atoms with E-state index in [2.05, 4.69) is 18.5 Å². The van der Waals surface area contributed by atoms with Crippen molar-refractivity contribution in [3.8, 4) is 0 Å². The SMILES string of the molecule is CCCNCC(CCSC)c1ccc(F)cc1. The molecule has 0 amide bonds. The average Bonchev–Trinajstić information content (AvgIpc) is 2.35. The fourth-order valence-electron chi connectivity index (χ4n) is 1.83. The van der Waals surface area contributed by atoms with Crippen LogP contribution in [0.3, 0.4) is 0 Å². The molecular formula is C14H22FNS. The van der Waals surface area contributed by atoms with Crippen molar-refractivity contribution >= 4 is 11.8 Å². The number of hydrogen-bond donors (Lipinski definition) is 1. The first kappa shape index (κ1) is 14.5. The van der Waals surface area contributed by atoms with Crippen LogP contribution < -0.4 is 5.32 Å². The molecule has 1 N–H and O–H groups in total. The van der Waals surface area contributed by atoms with Crippen molar-refractivity contribution in [2.75, 3.05) is 25.1 Å². The van der Waals surface area contributed by atoms with Gasteiger partial charge in [-0.3, -0.25) is 0 Å². The maximum Gasteiger partial charge on any atom is 0.123 e. The van der Waals surface area contributed by atoms with Gasteiger partial charge in [0.05, 0.1) is 0 Å². The second-order valence-corrected chi connectivity index (χ2v) is 5.22. The Morgan fingerprint density at radius 2 is 2.00 bits per heavy atom. The van der Waals surface area contributed by atoms with Gasteiger partial charge in [-0.1, -0.05) is 19.1 Å². The third kappa shape index (κ3) is 5.55. The van der Waals surface area contributed by atoms with E-state index in [-0.39, 0.29) is 5.82 Å². The van der Waals surface area contributed by atoms with Gasteiger partial charge < -0.3 is 5.32 Å². The third-order valence-corrected chi connectivity index (χ3v) is 3.47. The van der Waals surface area contributed by atoms with E-state index in [1.54, 1.807) is 12.1 Å². The molecule has 0 saturated carbocycles. The van der Waals surface area contributed by atoms with E-state index < -0.39 is 0 Å². The standard InChI is InChI=1S/C14H22FNS/c1-3-9-16-11-13(8-10-17-2)12-4-6-14(15)7-5-12/h4-7,13,16H,3,8-11H2,1-2H3. The first-order valence-corrected chi connectivity index (χ1v) is 7.62. The van der Waals surface area contributed by atoms with Gasteiger partial charge in [-0.15, -0.1) is 0 Å². The number of benzene rings is 1. The van der Waals surface area contributed by atoms with Crippen LogP contribution in [0.1, 0.15) is 31.2 Å². The first-order valence-electron chi connectivity index (χ1n) is 6.23. The molecule has 1 atom stereocenters. The van der Waals surface area contributed by atoms with E-state index in [9.17, 15) is 4.39 Å². The molecule has 0 aliphatic carbocycles. The predicted octanol–water partition coefficient (Wildman–Crippen LogP) is 3.66. The maximum absolute atomic E-state index is 12.9. The van der Waals surface area contributed by atoms with Crippen LogP contribution in [0.25, 0.3) is 0 Å². The summed E-state index contributed by atoms with van der Waals surface area (Å²) in [6.07, 6.45) is 4.42. The Bertz CT molecular complexity index is 300. The number of thioether (sulfide) groups is 1. The highest BCUT2D eigenvalue weighted by atomic mass is 32.2. The smallest absolute Gasteiger partial charge is 0.123 e. The fraction of sp³-hybridized carbons (Fsp3) is 0.571. The maximum atomic E-state index is 12.9. The van der Waals surface area contributed by atoms with Gasteiger partial charge in [-0.05, 0) is 55.0 Å². The van der Waals surface area contributed by atoms with Crippen LogP contribution >= 0.6 is 11.8 Å². The van der Waals surface area contributed by atoms with Crippen molar-refractivity contribution in [1.29, 1.82) is 0 Å². The molecule has 3 heteroatoms.